The minimum atomic E-state index is -0.144. The lowest BCUT2D eigenvalue weighted by atomic mass is 10.2. The molecule has 0 radical (unpaired) electrons. The van der Waals surface area contributed by atoms with E-state index in [9.17, 15) is 9.59 Å². The summed E-state index contributed by atoms with van der Waals surface area (Å²) in [6, 6.07) is 10.2. The SMILES string of the molecule is O=C(CN1CCN(C(=O)Nc2ccc(Cl)cc2)CC1)c1ccco1. The van der Waals surface area contributed by atoms with Crippen LogP contribution < -0.4 is 5.32 Å². The van der Waals surface area contributed by atoms with Gasteiger partial charge >= 0.3 is 6.03 Å². The Morgan fingerprint density at radius 3 is 2.42 bits per heavy atom. The van der Waals surface area contributed by atoms with Crippen molar-refractivity contribution in [2.75, 3.05) is 38.0 Å². The molecule has 0 atom stereocenters. The maximum atomic E-state index is 12.2. The van der Waals surface area contributed by atoms with Crippen molar-refractivity contribution in [3.05, 3.63) is 53.4 Å². The maximum absolute atomic E-state index is 12.2. The zero-order chi connectivity index (χ0) is 16.9. The van der Waals surface area contributed by atoms with E-state index in [1.54, 1.807) is 41.3 Å². The molecule has 2 aromatic rings. The summed E-state index contributed by atoms with van der Waals surface area (Å²) in [6.45, 7) is 2.76. The van der Waals surface area contributed by atoms with Gasteiger partial charge in [0.05, 0.1) is 12.8 Å². The predicted octanol–water partition coefficient (Wildman–Crippen LogP) is 2.97. The molecule has 2 heterocycles. The van der Waals surface area contributed by atoms with Crippen molar-refractivity contribution in [1.29, 1.82) is 0 Å². The fourth-order valence-corrected chi connectivity index (χ4v) is 2.69. The average molecular weight is 348 g/mol. The predicted molar refractivity (Wildman–Crippen MR) is 91.5 cm³/mol. The standard InChI is InChI=1S/C17H18ClN3O3/c18-13-3-5-14(6-4-13)19-17(23)21-9-7-20(8-10-21)12-15(22)16-2-1-11-24-16/h1-6,11H,7-10,12H2,(H,19,23). The highest BCUT2D eigenvalue weighted by atomic mass is 35.5. The van der Waals surface area contributed by atoms with Gasteiger partial charge in [-0.05, 0) is 36.4 Å². The van der Waals surface area contributed by atoms with Gasteiger partial charge in [-0.15, -0.1) is 0 Å². The number of benzene rings is 1. The highest BCUT2D eigenvalue weighted by Crippen LogP contribution is 2.14. The molecule has 1 fully saturated rings. The number of halogens is 1. The van der Waals surface area contributed by atoms with Gasteiger partial charge in [0.15, 0.2) is 5.76 Å². The minimum absolute atomic E-state index is 0.0425. The van der Waals surface area contributed by atoms with E-state index in [-0.39, 0.29) is 11.8 Å². The first-order valence-corrected chi connectivity index (χ1v) is 8.10. The van der Waals surface area contributed by atoms with E-state index in [2.05, 4.69) is 5.32 Å². The summed E-state index contributed by atoms with van der Waals surface area (Å²) in [4.78, 5) is 28.0. The Morgan fingerprint density at radius 2 is 1.79 bits per heavy atom. The van der Waals surface area contributed by atoms with Gasteiger partial charge in [0.2, 0.25) is 5.78 Å². The Morgan fingerprint density at radius 1 is 1.08 bits per heavy atom. The number of carbonyl (C=O) groups excluding carboxylic acids is 2. The van der Waals surface area contributed by atoms with Crippen molar-refractivity contribution in [2.24, 2.45) is 0 Å². The zero-order valence-corrected chi connectivity index (χ0v) is 13.8. The number of furan rings is 1. The molecule has 1 saturated heterocycles. The van der Waals surface area contributed by atoms with Gasteiger partial charge in [0.1, 0.15) is 0 Å². The van der Waals surface area contributed by atoms with Crippen molar-refractivity contribution in [1.82, 2.24) is 9.80 Å². The molecule has 7 heteroatoms. The van der Waals surface area contributed by atoms with Gasteiger partial charge in [0.25, 0.3) is 0 Å². The molecule has 1 aliphatic rings. The second-order valence-electron chi connectivity index (χ2n) is 5.60. The lowest BCUT2D eigenvalue weighted by Gasteiger charge is -2.34. The van der Waals surface area contributed by atoms with Gasteiger partial charge in [-0.2, -0.15) is 0 Å². The van der Waals surface area contributed by atoms with E-state index in [0.717, 1.165) is 0 Å². The Hall–Kier alpha value is -2.31. The summed E-state index contributed by atoms with van der Waals surface area (Å²) in [6.07, 6.45) is 1.49. The van der Waals surface area contributed by atoms with E-state index in [1.165, 1.54) is 6.26 Å². The number of carbonyl (C=O) groups is 2. The highest BCUT2D eigenvalue weighted by molar-refractivity contribution is 6.30. The van der Waals surface area contributed by atoms with Crippen molar-refractivity contribution >= 4 is 29.1 Å². The molecule has 2 amide bonds. The topological polar surface area (TPSA) is 65.8 Å². The summed E-state index contributed by atoms with van der Waals surface area (Å²) in [5.41, 5.74) is 0.708. The molecule has 0 saturated carbocycles. The molecule has 1 aromatic heterocycles. The average Bonchev–Trinajstić information content (AvgIpc) is 3.12. The van der Waals surface area contributed by atoms with E-state index in [4.69, 9.17) is 16.0 Å². The van der Waals surface area contributed by atoms with Crippen molar-refractivity contribution in [3.63, 3.8) is 0 Å². The number of nitrogens with one attached hydrogen (secondary N) is 1. The fourth-order valence-electron chi connectivity index (χ4n) is 2.56. The van der Waals surface area contributed by atoms with E-state index in [0.29, 0.717) is 49.2 Å². The second kappa shape index (κ2) is 7.51. The smallest absolute Gasteiger partial charge is 0.321 e. The Balaban J connectivity index is 1.47. The normalized spacial score (nSPS) is 15.3. The monoisotopic (exact) mass is 347 g/mol. The number of nitrogens with zero attached hydrogens (tertiary/aromatic N) is 2. The third-order valence-corrected chi connectivity index (χ3v) is 4.17. The van der Waals surface area contributed by atoms with Crippen LogP contribution in [0.25, 0.3) is 0 Å². The van der Waals surface area contributed by atoms with Gasteiger partial charge in [-0.1, -0.05) is 11.6 Å². The van der Waals surface area contributed by atoms with Crippen molar-refractivity contribution < 1.29 is 14.0 Å². The van der Waals surface area contributed by atoms with Crippen LogP contribution in [0.15, 0.2) is 47.1 Å². The van der Waals surface area contributed by atoms with Crippen molar-refractivity contribution in [3.8, 4) is 0 Å². The second-order valence-corrected chi connectivity index (χ2v) is 6.04. The van der Waals surface area contributed by atoms with E-state index in [1.807, 2.05) is 4.90 Å². The molecule has 1 aliphatic heterocycles. The summed E-state index contributed by atoms with van der Waals surface area (Å²) in [7, 11) is 0. The van der Waals surface area contributed by atoms with Gasteiger partial charge in [-0.25, -0.2) is 4.79 Å². The minimum Gasteiger partial charge on any atom is -0.461 e. The van der Waals surface area contributed by atoms with E-state index >= 15 is 0 Å². The number of anilines is 1. The zero-order valence-electron chi connectivity index (χ0n) is 13.1. The molecule has 0 bridgehead atoms. The highest BCUT2D eigenvalue weighted by Gasteiger charge is 2.23. The van der Waals surface area contributed by atoms with Crippen molar-refractivity contribution in [2.45, 2.75) is 0 Å². The molecule has 0 spiro atoms. The van der Waals surface area contributed by atoms with Gasteiger partial charge in [-0.3, -0.25) is 9.69 Å². The number of piperazine rings is 1. The Kier molecular flexibility index (Phi) is 5.17. The van der Waals surface area contributed by atoms with E-state index < -0.39 is 0 Å². The van der Waals surface area contributed by atoms with Crippen LogP contribution in [0.5, 0.6) is 0 Å². The largest absolute Gasteiger partial charge is 0.461 e. The number of Topliss-reactive ketones (excluding diaryl/α,β-unsaturated/α-hetero) is 1. The summed E-state index contributed by atoms with van der Waals surface area (Å²) in [5.74, 6) is 0.331. The number of rotatable bonds is 4. The molecule has 6 nitrogen and oxygen atoms in total. The molecule has 0 aliphatic carbocycles. The van der Waals surface area contributed by atoms with Crippen LogP contribution in [0.3, 0.4) is 0 Å². The molecular formula is C17H18ClN3O3. The van der Waals surface area contributed by atoms with Crippen LogP contribution in [0.4, 0.5) is 10.5 Å². The molecule has 126 valence electrons. The van der Waals surface area contributed by atoms with Gasteiger partial charge in [0, 0.05) is 36.9 Å². The fraction of sp³-hybridized carbons (Fsp3) is 0.294. The third-order valence-electron chi connectivity index (χ3n) is 3.92. The van der Waals surface area contributed by atoms with Crippen LogP contribution in [-0.2, 0) is 0 Å². The number of urea groups is 1. The summed E-state index contributed by atoms with van der Waals surface area (Å²) in [5, 5.41) is 3.47. The number of ketones is 1. The lowest BCUT2D eigenvalue weighted by molar-refractivity contribution is 0.0857. The molecule has 1 N–H and O–H groups in total. The first kappa shape index (κ1) is 16.5. The van der Waals surface area contributed by atoms with Gasteiger partial charge < -0.3 is 14.6 Å². The summed E-state index contributed by atoms with van der Waals surface area (Å²) < 4.78 is 5.11. The first-order chi connectivity index (χ1) is 11.6. The van der Waals surface area contributed by atoms with Crippen LogP contribution in [0, 0.1) is 0 Å². The Labute approximate surface area is 145 Å². The number of amides is 2. The molecule has 3 rings (SSSR count). The lowest BCUT2D eigenvalue weighted by Crippen LogP contribution is -2.51. The molecular weight excluding hydrogens is 330 g/mol. The van der Waals surface area contributed by atoms with Crippen LogP contribution in [0.1, 0.15) is 10.6 Å². The van der Waals surface area contributed by atoms with Crippen LogP contribution in [0.2, 0.25) is 5.02 Å². The molecule has 0 unspecified atom stereocenters. The molecule has 24 heavy (non-hydrogen) atoms. The van der Waals surface area contributed by atoms with Crippen LogP contribution >= 0.6 is 11.6 Å². The third kappa shape index (κ3) is 4.15. The first-order valence-electron chi connectivity index (χ1n) is 7.72. The maximum Gasteiger partial charge on any atom is 0.321 e. The Bertz CT molecular complexity index is 692. The quantitative estimate of drug-likeness (QED) is 0.863. The summed E-state index contributed by atoms with van der Waals surface area (Å²) >= 11 is 5.83. The van der Waals surface area contributed by atoms with Crippen LogP contribution in [-0.4, -0.2) is 54.3 Å². The number of hydrogen-bond acceptors (Lipinski definition) is 4. The number of hydrogen-bond donors (Lipinski definition) is 1. The molecule has 1 aromatic carbocycles.